The summed E-state index contributed by atoms with van der Waals surface area (Å²) in [6.45, 7) is 3.87. The molecule has 3 aromatic carbocycles. The van der Waals surface area contributed by atoms with Gasteiger partial charge in [0.2, 0.25) is 0 Å². The molecule has 0 aliphatic carbocycles. The average molecular weight is 512 g/mol. The van der Waals surface area contributed by atoms with Gasteiger partial charge in [-0.2, -0.15) is 0 Å². The molecule has 0 radical (unpaired) electrons. The van der Waals surface area contributed by atoms with Crippen LogP contribution in [-0.2, 0) is 9.59 Å². The summed E-state index contributed by atoms with van der Waals surface area (Å²) in [6, 6.07) is 22.9. The van der Waals surface area contributed by atoms with Gasteiger partial charge in [0.15, 0.2) is 0 Å². The summed E-state index contributed by atoms with van der Waals surface area (Å²) in [5, 5.41) is 13.3. The summed E-state index contributed by atoms with van der Waals surface area (Å²) < 4.78 is 11.4. The zero-order valence-electron chi connectivity index (χ0n) is 20.6. The van der Waals surface area contributed by atoms with Crippen LogP contribution in [0.3, 0.4) is 0 Å². The number of carbonyl (C=O) groups is 2. The first-order chi connectivity index (χ1) is 17.9. The van der Waals surface area contributed by atoms with E-state index in [0.29, 0.717) is 28.5 Å². The van der Waals surface area contributed by atoms with Crippen molar-refractivity contribution in [3.63, 3.8) is 0 Å². The van der Waals surface area contributed by atoms with Crippen LogP contribution in [-0.4, -0.2) is 23.9 Å². The number of nitrogens with zero attached hydrogens (tertiary/aromatic N) is 1. The number of aliphatic hydroxyl groups excluding tert-OH is 1. The van der Waals surface area contributed by atoms with E-state index in [2.05, 4.69) is 0 Å². The summed E-state index contributed by atoms with van der Waals surface area (Å²) in [6.07, 6.45) is 0. The Bertz CT molecular complexity index is 1510. The fraction of sp³-hybridized carbons (Fsp3) is 0.133. The van der Waals surface area contributed by atoms with Crippen LogP contribution < -0.4 is 14.4 Å². The maximum absolute atomic E-state index is 13.4. The predicted molar refractivity (Wildman–Crippen MR) is 145 cm³/mol. The number of aryl methyl sites for hydroxylation is 2. The molecule has 6 nitrogen and oxygen atoms in total. The van der Waals surface area contributed by atoms with Gasteiger partial charge < -0.3 is 14.6 Å². The molecule has 0 saturated carbocycles. The molecule has 0 spiro atoms. The van der Waals surface area contributed by atoms with Crippen molar-refractivity contribution in [2.45, 2.75) is 19.9 Å². The monoisotopic (exact) mass is 511 g/mol. The number of thiophene rings is 1. The van der Waals surface area contributed by atoms with Crippen LogP contribution >= 0.6 is 11.3 Å². The zero-order valence-corrected chi connectivity index (χ0v) is 21.4. The lowest BCUT2D eigenvalue weighted by Crippen LogP contribution is -2.29. The van der Waals surface area contributed by atoms with Crippen molar-refractivity contribution in [3.05, 3.63) is 111 Å². The number of aliphatic hydroxyl groups is 1. The van der Waals surface area contributed by atoms with E-state index in [0.717, 1.165) is 16.0 Å². The molecule has 186 valence electrons. The Hall–Kier alpha value is -4.36. The molecule has 1 amide bonds. The molecule has 1 aromatic heterocycles. The number of Topliss-reactive ketones (excluding diaryl/α,β-unsaturated/α-hetero) is 1. The number of benzene rings is 3. The van der Waals surface area contributed by atoms with Crippen LogP contribution in [0.1, 0.15) is 27.6 Å². The van der Waals surface area contributed by atoms with Gasteiger partial charge in [-0.3, -0.25) is 14.5 Å². The Morgan fingerprint density at radius 2 is 1.65 bits per heavy atom. The highest BCUT2D eigenvalue weighted by Gasteiger charge is 2.47. The van der Waals surface area contributed by atoms with Crippen molar-refractivity contribution < 1.29 is 24.2 Å². The van der Waals surface area contributed by atoms with Crippen LogP contribution in [0.4, 0.5) is 5.69 Å². The molecule has 2 heterocycles. The van der Waals surface area contributed by atoms with Gasteiger partial charge in [0.1, 0.15) is 29.0 Å². The first-order valence-electron chi connectivity index (χ1n) is 11.7. The van der Waals surface area contributed by atoms with Gasteiger partial charge in [0.25, 0.3) is 11.7 Å². The van der Waals surface area contributed by atoms with E-state index in [9.17, 15) is 14.7 Å². The van der Waals surface area contributed by atoms with Gasteiger partial charge >= 0.3 is 0 Å². The smallest absolute Gasteiger partial charge is 0.300 e. The third-order valence-electron chi connectivity index (χ3n) is 6.21. The normalized spacial score (nSPS) is 16.7. The number of hydrogen-bond acceptors (Lipinski definition) is 6. The molecule has 1 aliphatic rings. The molecule has 1 aliphatic heterocycles. The van der Waals surface area contributed by atoms with Crippen LogP contribution in [0.2, 0.25) is 0 Å². The second kappa shape index (κ2) is 9.95. The molecule has 1 unspecified atom stereocenters. The van der Waals surface area contributed by atoms with E-state index in [4.69, 9.17) is 9.47 Å². The lowest BCUT2D eigenvalue weighted by molar-refractivity contribution is -0.132. The molecule has 1 atom stereocenters. The van der Waals surface area contributed by atoms with E-state index in [1.54, 1.807) is 36.4 Å². The van der Waals surface area contributed by atoms with Gasteiger partial charge in [0, 0.05) is 10.6 Å². The van der Waals surface area contributed by atoms with Gasteiger partial charge in [-0.1, -0.05) is 29.8 Å². The number of rotatable bonds is 6. The Balaban J connectivity index is 1.57. The minimum absolute atomic E-state index is 0.0245. The molecule has 1 saturated heterocycles. The highest BCUT2D eigenvalue weighted by atomic mass is 32.1. The molecule has 37 heavy (non-hydrogen) atoms. The van der Waals surface area contributed by atoms with Crippen LogP contribution in [0, 0.1) is 13.8 Å². The lowest BCUT2D eigenvalue weighted by atomic mass is 9.98. The molecule has 1 fully saturated rings. The predicted octanol–water partition coefficient (Wildman–Crippen LogP) is 6.79. The molecule has 5 rings (SSSR count). The van der Waals surface area contributed by atoms with Gasteiger partial charge in [0.05, 0.1) is 18.2 Å². The SMILES string of the molecule is COc1ccc(C)cc1/C(O)=C1/C(=O)C(=O)N(c2ccc(Oc3cccc(C)c3)cc2)C1c1cccs1. The number of anilines is 1. The summed E-state index contributed by atoms with van der Waals surface area (Å²) in [7, 11) is 1.50. The molecule has 4 aromatic rings. The van der Waals surface area contributed by atoms with Crippen molar-refractivity contribution in [1.29, 1.82) is 0 Å². The summed E-state index contributed by atoms with van der Waals surface area (Å²) in [5.41, 5.74) is 2.87. The molecular formula is C30H25NO5S. The molecular weight excluding hydrogens is 486 g/mol. The Kier molecular flexibility index (Phi) is 6.54. The van der Waals surface area contributed by atoms with Gasteiger partial charge in [-0.25, -0.2) is 0 Å². The second-order valence-corrected chi connectivity index (χ2v) is 9.78. The summed E-state index contributed by atoms with van der Waals surface area (Å²) >= 11 is 1.41. The number of ketones is 1. The average Bonchev–Trinajstić information content (AvgIpc) is 3.51. The van der Waals surface area contributed by atoms with Gasteiger partial charge in [-0.05, 0) is 79.4 Å². The Morgan fingerprint density at radius 1 is 0.892 bits per heavy atom. The topological polar surface area (TPSA) is 76.1 Å². The fourth-order valence-electron chi connectivity index (χ4n) is 4.46. The van der Waals surface area contributed by atoms with E-state index in [1.165, 1.54) is 23.3 Å². The number of ether oxygens (including phenoxy) is 2. The van der Waals surface area contributed by atoms with Crippen LogP contribution in [0.5, 0.6) is 17.2 Å². The molecule has 1 N–H and O–H groups in total. The third-order valence-corrected chi connectivity index (χ3v) is 7.13. The maximum atomic E-state index is 13.4. The number of amides is 1. The minimum atomic E-state index is -0.784. The van der Waals surface area contributed by atoms with E-state index >= 15 is 0 Å². The van der Waals surface area contributed by atoms with E-state index in [-0.39, 0.29) is 11.3 Å². The van der Waals surface area contributed by atoms with Crippen molar-refractivity contribution in [3.8, 4) is 17.2 Å². The maximum Gasteiger partial charge on any atom is 0.300 e. The first-order valence-corrected chi connectivity index (χ1v) is 12.6. The largest absolute Gasteiger partial charge is 0.507 e. The quantitative estimate of drug-likeness (QED) is 0.175. The lowest BCUT2D eigenvalue weighted by Gasteiger charge is -2.24. The van der Waals surface area contributed by atoms with Crippen molar-refractivity contribution in [1.82, 2.24) is 0 Å². The number of hydrogen-bond donors (Lipinski definition) is 1. The Labute approximate surface area is 219 Å². The highest BCUT2D eigenvalue weighted by molar-refractivity contribution is 7.10. The van der Waals surface area contributed by atoms with Crippen molar-refractivity contribution in [2.75, 3.05) is 12.0 Å². The molecule has 0 bridgehead atoms. The third kappa shape index (κ3) is 4.61. The molecule has 7 heteroatoms. The van der Waals surface area contributed by atoms with Gasteiger partial charge in [-0.15, -0.1) is 11.3 Å². The minimum Gasteiger partial charge on any atom is -0.507 e. The van der Waals surface area contributed by atoms with Crippen LogP contribution in [0.15, 0.2) is 89.8 Å². The first kappa shape index (κ1) is 24.3. The van der Waals surface area contributed by atoms with Crippen molar-refractivity contribution >= 4 is 34.5 Å². The summed E-state index contributed by atoms with van der Waals surface area (Å²) in [5.74, 6) is -0.00321. The Morgan fingerprint density at radius 3 is 2.32 bits per heavy atom. The summed E-state index contributed by atoms with van der Waals surface area (Å²) in [4.78, 5) is 28.9. The number of methoxy groups -OCH3 is 1. The highest BCUT2D eigenvalue weighted by Crippen LogP contribution is 2.45. The fourth-order valence-corrected chi connectivity index (χ4v) is 5.28. The van der Waals surface area contributed by atoms with Crippen LogP contribution in [0.25, 0.3) is 5.76 Å². The standard InChI is InChI=1S/C30H25NO5S/c1-18-6-4-7-22(16-18)36-21-12-10-20(11-13-21)31-27(25-8-5-15-37-25)26(29(33)30(31)34)28(32)23-17-19(2)9-14-24(23)35-3/h4-17,27,32H,1-3H3/b28-26-. The van der Waals surface area contributed by atoms with E-state index < -0.39 is 17.7 Å². The second-order valence-electron chi connectivity index (χ2n) is 8.80. The zero-order chi connectivity index (χ0) is 26.1. The number of carbonyl (C=O) groups excluding carboxylic acids is 2. The van der Waals surface area contributed by atoms with Crippen molar-refractivity contribution in [2.24, 2.45) is 0 Å². The van der Waals surface area contributed by atoms with E-state index in [1.807, 2.05) is 61.7 Å².